The van der Waals surface area contributed by atoms with Crippen LogP contribution >= 0.6 is 0 Å². The van der Waals surface area contributed by atoms with Crippen LogP contribution in [0.15, 0.2) is 12.4 Å². The highest BCUT2D eigenvalue weighted by Crippen LogP contribution is 1.75. The lowest BCUT2D eigenvalue weighted by Crippen LogP contribution is -2.20. The molecular formula is C6H12N4. The average Bonchev–Trinajstić information content (AvgIpc) is 2.41. The van der Waals surface area contributed by atoms with E-state index in [9.17, 15) is 0 Å². The van der Waals surface area contributed by atoms with Crippen molar-refractivity contribution >= 4 is 0 Å². The van der Waals surface area contributed by atoms with E-state index in [0.29, 0.717) is 0 Å². The summed E-state index contributed by atoms with van der Waals surface area (Å²) in [6, 6.07) is 0. The summed E-state index contributed by atoms with van der Waals surface area (Å²) in [5.41, 5.74) is 0. The van der Waals surface area contributed by atoms with Crippen LogP contribution in [0, 0.1) is 0 Å². The minimum Gasteiger partial charge on any atom is -0.315 e. The predicted molar refractivity (Wildman–Crippen MR) is 38.6 cm³/mol. The first-order valence-electron chi connectivity index (χ1n) is 3.48. The third-order valence-corrected chi connectivity index (χ3v) is 1.21. The third kappa shape index (κ3) is 2.14. The zero-order chi connectivity index (χ0) is 7.23. The third-order valence-electron chi connectivity index (χ3n) is 1.21. The van der Waals surface area contributed by atoms with Crippen LogP contribution < -0.4 is 5.32 Å². The number of likely N-dealkylation sites (N-methyl/N-ethyl adjacent to an activating group) is 1. The number of hydrogen-bond acceptors (Lipinski definition) is 3. The molecule has 56 valence electrons. The maximum Gasteiger partial charge on any atom is 0.0731 e. The molecule has 0 amide bonds. The number of hydrogen-bond donors (Lipinski definition) is 1. The molecule has 10 heavy (non-hydrogen) atoms. The van der Waals surface area contributed by atoms with Crippen molar-refractivity contribution in [3.8, 4) is 0 Å². The average molecular weight is 140 g/mol. The summed E-state index contributed by atoms with van der Waals surface area (Å²) >= 11 is 0. The summed E-state index contributed by atoms with van der Waals surface area (Å²) in [5, 5.41) is 11.1. The van der Waals surface area contributed by atoms with Crippen molar-refractivity contribution in [2.45, 2.75) is 13.5 Å². The molecule has 4 heteroatoms. The van der Waals surface area contributed by atoms with Gasteiger partial charge in [0, 0.05) is 6.54 Å². The van der Waals surface area contributed by atoms with Gasteiger partial charge < -0.3 is 5.32 Å². The van der Waals surface area contributed by atoms with E-state index in [0.717, 1.165) is 19.6 Å². The van der Waals surface area contributed by atoms with Crippen LogP contribution in [0.5, 0.6) is 0 Å². The lowest BCUT2D eigenvalue weighted by atomic mass is 10.6. The molecule has 0 radical (unpaired) electrons. The van der Waals surface area contributed by atoms with Crippen LogP contribution in [0.1, 0.15) is 6.92 Å². The molecule has 1 aromatic rings. The number of nitrogens with one attached hydrogen (secondary N) is 1. The SMILES string of the molecule is CCNCCn1nccn1. The van der Waals surface area contributed by atoms with Gasteiger partial charge in [-0.25, -0.2) is 0 Å². The first-order chi connectivity index (χ1) is 4.93. The molecule has 0 aliphatic heterocycles. The van der Waals surface area contributed by atoms with Gasteiger partial charge in [-0.3, -0.25) is 0 Å². The van der Waals surface area contributed by atoms with E-state index in [4.69, 9.17) is 0 Å². The summed E-state index contributed by atoms with van der Waals surface area (Å²) in [7, 11) is 0. The molecule has 1 aromatic heterocycles. The molecule has 0 bridgehead atoms. The Labute approximate surface area is 60.2 Å². The second-order valence-corrected chi connectivity index (χ2v) is 1.98. The Morgan fingerprint density at radius 1 is 1.40 bits per heavy atom. The van der Waals surface area contributed by atoms with Gasteiger partial charge in [0.2, 0.25) is 0 Å². The predicted octanol–water partition coefficient (Wildman–Crippen LogP) is -0.112. The van der Waals surface area contributed by atoms with Gasteiger partial charge >= 0.3 is 0 Å². The van der Waals surface area contributed by atoms with E-state index in [-0.39, 0.29) is 0 Å². The number of aromatic nitrogens is 3. The van der Waals surface area contributed by atoms with E-state index in [1.165, 1.54) is 0 Å². The Morgan fingerprint density at radius 3 is 2.70 bits per heavy atom. The van der Waals surface area contributed by atoms with Gasteiger partial charge in [0.15, 0.2) is 0 Å². The molecule has 1 N–H and O–H groups in total. The zero-order valence-electron chi connectivity index (χ0n) is 6.12. The van der Waals surface area contributed by atoms with Crippen LogP contribution in [-0.4, -0.2) is 28.1 Å². The highest BCUT2D eigenvalue weighted by molar-refractivity contribution is 4.60. The van der Waals surface area contributed by atoms with Gasteiger partial charge in [0.05, 0.1) is 18.9 Å². The molecule has 0 aliphatic carbocycles. The molecule has 0 saturated heterocycles. The molecule has 4 nitrogen and oxygen atoms in total. The summed E-state index contributed by atoms with van der Waals surface area (Å²) in [4.78, 5) is 1.67. The Hall–Kier alpha value is -0.900. The van der Waals surface area contributed by atoms with Crippen molar-refractivity contribution in [1.29, 1.82) is 0 Å². The fourth-order valence-corrected chi connectivity index (χ4v) is 0.715. The normalized spacial score (nSPS) is 10.1. The summed E-state index contributed by atoms with van der Waals surface area (Å²) < 4.78 is 0. The molecule has 0 saturated carbocycles. The van der Waals surface area contributed by atoms with Gasteiger partial charge in [-0.15, -0.1) is 0 Å². The fourth-order valence-electron chi connectivity index (χ4n) is 0.715. The van der Waals surface area contributed by atoms with E-state index >= 15 is 0 Å². The maximum absolute atomic E-state index is 3.95. The van der Waals surface area contributed by atoms with Crippen LogP contribution in [0.4, 0.5) is 0 Å². The number of rotatable bonds is 4. The van der Waals surface area contributed by atoms with Crippen molar-refractivity contribution in [2.24, 2.45) is 0 Å². The maximum atomic E-state index is 3.95. The Bertz CT molecular complexity index is 158. The molecule has 0 unspecified atom stereocenters. The van der Waals surface area contributed by atoms with E-state index in [2.05, 4.69) is 22.4 Å². The van der Waals surface area contributed by atoms with Crippen LogP contribution in [-0.2, 0) is 6.54 Å². The first kappa shape index (κ1) is 7.21. The second kappa shape index (κ2) is 4.00. The summed E-state index contributed by atoms with van der Waals surface area (Å²) in [5.74, 6) is 0. The second-order valence-electron chi connectivity index (χ2n) is 1.98. The van der Waals surface area contributed by atoms with Crippen molar-refractivity contribution in [3.63, 3.8) is 0 Å². The van der Waals surface area contributed by atoms with Gasteiger partial charge in [-0.05, 0) is 6.54 Å². The smallest absolute Gasteiger partial charge is 0.0731 e. The largest absolute Gasteiger partial charge is 0.315 e. The van der Waals surface area contributed by atoms with Crippen LogP contribution in [0.25, 0.3) is 0 Å². The van der Waals surface area contributed by atoms with Gasteiger partial charge in [0.1, 0.15) is 0 Å². The zero-order valence-corrected chi connectivity index (χ0v) is 6.12. The topological polar surface area (TPSA) is 42.7 Å². The fraction of sp³-hybridized carbons (Fsp3) is 0.667. The van der Waals surface area contributed by atoms with E-state index in [1.54, 1.807) is 17.2 Å². The van der Waals surface area contributed by atoms with E-state index in [1.807, 2.05) is 0 Å². The van der Waals surface area contributed by atoms with Gasteiger partial charge in [0.25, 0.3) is 0 Å². The molecule has 0 aromatic carbocycles. The minimum absolute atomic E-state index is 0.848. The molecule has 1 rings (SSSR count). The minimum atomic E-state index is 0.848. The van der Waals surface area contributed by atoms with Crippen LogP contribution in [0.3, 0.4) is 0 Å². The quantitative estimate of drug-likeness (QED) is 0.593. The van der Waals surface area contributed by atoms with Crippen molar-refractivity contribution in [3.05, 3.63) is 12.4 Å². The van der Waals surface area contributed by atoms with Gasteiger partial charge in [-0.1, -0.05) is 6.92 Å². The Morgan fingerprint density at radius 2 is 2.10 bits per heavy atom. The standard InChI is InChI=1S/C6H12N4/c1-2-7-5-6-10-8-3-4-9-10/h3-4,7H,2,5-6H2,1H3. The molecule has 0 atom stereocenters. The molecule has 1 heterocycles. The molecule has 0 aliphatic rings. The van der Waals surface area contributed by atoms with Crippen molar-refractivity contribution < 1.29 is 0 Å². The molecule has 0 fully saturated rings. The van der Waals surface area contributed by atoms with Crippen LogP contribution in [0.2, 0.25) is 0 Å². The van der Waals surface area contributed by atoms with Crippen molar-refractivity contribution in [2.75, 3.05) is 13.1 Å². The monoisotopic (exact) mass is 140 g/mol. The number of nitrogens with zero attached hydrogens (tertiary/aromatic N) is 3. The Kier molecular flexibility index (Phi) is 2.89. The lowest BCUT2D eigenvalue weighted by Gasteiger charge is -1.98. The Balaban J connectivity index is 2.15. The summed E-state index contributed by atoms with van der Waals surface area (Å²) in [6.07, 6.45) is 3.37. The van der Waals surface area contributed by atoms with E-state index < -0.39 is 0 Å². The summed E-state index contributed by atoms with van der Waals surface area (Å²) in [6.45, 7) is 4.86. The molecule has 0 spiro atoms. The highest BCUT2D eigenvalue weighted by atomic mass is 15.5. The molecular weight excluding hydrogens is 128 g/mol. The van der Waals surface area contributed by atoms with Crippen molar-refractivity contribution in [1.82, 2.24) is 20.3 Å². The lowest BCUT2D eigenvalue weighted by molar-refractivity contribution is 0.508. The first-order valence-corrected chi connectivity index (χ1v) is 3.48. The highest BCUT2D eigenvalue weighted by Gasteiger charge is 1.88. The van der Waals surface area contributed by atoms with Gasteiger partial charge in [-0.2, -0.15) is 15.0 Å².